The van der Waals surface area contributed by atoms with E-state index in [1.807, 2.05) is 19.1 Å². The number of aryl methyl sites for hydroxylation is 1. The van der Waals surface area contributed by atoms with Gasteiger partial charge in [0.05, 0.1) is 6.61 Å². The van der Waals surface area contributed by atoms with Crippen molar-refractivity contribution in [1.29, 1.82) is 0 Å². The van der Waals surface area contributed by atoms with Gasteiger partial charge in [0.2, 0.25) is 0 Å². The first kappa shape index (κ1) is 15.7. The lowest BCUT2D eigenvalue weighted by Crippen LogP contribution is -2.27. The molecule has 0 saturated carbocycles. The van der Waals surface area contributed by atoms with E-state index in [-0.39, 0.29) is 23.9 Å². The Hall–Kier alpha value is -2.21. The van der Waals surface area contributed by atoms with Crippen LogP contribution in [0.1, 0.15) is 55.4 Å². The van der Waals surface area contributed by atoms with Gasteiger partial charge in [-0.1, -0.05) is 0 Å². The minimum absolute atomic E-state index is 0.0518. The van der Waals surface area contributed by atoms with E-state index in [0.29, 0.717) is 24.1 Å². The zero-order valence-corrected chi connectivity index (χ0v) is 13.8. The van der Waals surface area contributed by atoms with E-state index in [4.69, 9.17) is 4.74 Å². The number of aromatic nitrogens is 1. The van der Waals surface area contributed by atoms with Gasteiger partial charge in [0.1, 0.15) is 5.56 Å². The first-order chi connectivity index (χ1) is 11.0. The number of aromatic amines is 1. The molecule has 5 nitrogen and oxygen atoms in total. The second kappa shape index (κ2) is 6.12. The Kier molecular flexibility index (Phi) is 4.17. The second-order valence-electron chi connectivity index (χ2n) is 5.60. The number of fused-ring (bicyclic) bond motifs is 1. The molecular formula is C17H17NO4S. The molecule has 0 unspecified atom stereocenters. The number of esters is 1. The van der Waals surface area contributed by atoms with Crippen LogP contribution in [-0.2, 0) is 11.2 Å². The van der Waals surface area contributed by atoms with Crippen molar-refractivity contribution in [2.45, 2.75) is 32.6 Å². The van der Waals surface area contributed by atoms with E-state index in [2.05, 4.69) is 4.98 Å². The first-order valence-corrected chi connectivity index (χ1v) is 8.34. The molecule has 1 N–H and O–H groups in total. The van der Waals surface area contributed by atoms with Crippen molar-refractivity contribution in [3.8, 4) is 0 Å². The van der Waals surface area contributed by atoms with Crippen molar-refractivity contribution in [1.82, 2.24) is 4.98 Å². The van der Waals surface area contributed by atoms with Gasteiger partial charge in [-0.3, -0.25) is 9.59 Å². The molecule has 0 bridgehead atoms. The van der Waals surface area contributed by atoms with E-state index in [9.17, 15) is 14.4 Å². The number of ether oxygens (including phenoxy) is 1. The summed E-state index contributed by atoms with van der Waals surface area (Å²) in [7, 11) is 0. The van der Waals surface area contributed by atoms with Crippen LogP contribution in [0.15, 0.2) is 23.0 Å². The predicted octanol–water partition coefficient (Wildman–Crippen LogP) is 2.83. The summed E-state index contributed by atoms with van der Waals surface area (Å²) in [6, 6.07) is 5.45. The molecular weight excluding hydrogens is 314 g/mol. The molecule has 0 spiro atoms. The monoisotopic (exact) mass is 331 g/mol. The fourth-order valence-electron chi connectivity index (χ4n) is 2.87. The van der Waals surface area contributed by atoms with Crippen LogP contribution in [0.25, 0.3) is 0 Å². The van der Waals surface area contributed by atoms with Crippen LogP contribution in [0.2, 0.25) is 0 Å². The van der Waals surface area contributed by atoms with Gasteiger partial charge in [0.15, 0.2) is 5.78 Å². The fourth-order valence-corrected chi connectivity index (χ4v) is 3.84. The summed E-state index contributed by atoms with van der Waals surface area (Å²) >= 11 is 1.67. The van der Waals surface area contributed by atoms with E-state index in [1.54, 1.807) is 18.3 Å². The van der Waals surface area contributed by atoms with Gasteiger partial charge in [0, 0.05) is 33.4 Å². The van der Waals surface area contributed by atoms with Gasteiger partial charge in [0.25, 0.3) is 5.56 Å². The molecule has 3 rings (SSSR count). The molecule has 120 valence electrons. The molecule has 1 aliphatic carbocycles. The summed E-state index contributed by atoms with van der Waals surface area (Å²) in [4.78, 5) is 41.4. The summed E-state index contributed by atoms with van der Waals surface area (Å²) in [5.41, 5.74) is 0.426. The topological polar surface area (TPSA) is 76.2 Å². The standard InChI is InChI=1S/C17H17NO4S/c1-3-22-17(21)12-8-11-13(18-16(12)20)6-10(7-14(11)19)15-5-4-9(2)23-15/h4-5,8,10H,3,6-7H2,1-2H3,(H,18,20)/t10-/m1/s1. The number of ketones is 1. The lowest BCUT2D eigenvalue weighted by Gasteiger charge is -2.22. The number of H-pyrrole nitrogens is 1. The number of pyridine rings is 1. The van der Waals surface area contributed by atoms with E-state index >= 15 is 0 Å². The van der Waals surface area contributed by atoms with Crippen molar-refractivity contribution in [3.05, 3.63) is 55.1 Å². The Labute approximate surface area is 137 Å². The Morgan fingerprint density at radius 1 is 1.35 bits per heavy atom. The molecule has 0 radical (unpaired) electrons. The van der Waals surface area contributed by atoms with Crippen LogP contribution in [0, 0.1) is 6.92 Å². The normalized spacial score (nSPS) is 17.0. The third-order valence-electron chi connectivity index (χ3n) is 3.96. The Morgan fingerprint density at radius 3 is 2.78 bits per heavy atom. The largest absolute Gasteiger partial charge is 0.462 e. The van der Waals surface area contributed by atoms with Crippen LogP contribution in [-0.4, -0.2) is 23.3 Å². The van der Waals surface area contributed by atoms with Crippen LogP contribution in [0.4, 0.5) is 0 Å². The highest BCUT2D eigenvalue weighted by Gasteiger charge is 2.29. The van der Waals surface area contributed by atoms with Crippen molar-refractivity contribution in [2.75, 3.05) is 6.61 Å². The summed E-state index contributed by atoms with van der Waals surface area (Å²) in [6.07, 6.45) is 0.987. The van der Waals surface area contributed by atoms with Gasteiger partial charge < -0.3 is 9.72 Å². The predicted molar refractivity (Wildman–Crippen MR) is 87.5 cm³/mol. The number of Topliss-reactive ketones (excluding diaryl/α,β-unsaturated/α-hetero) is 1. The number of nitrogens with one attached hydrogen (secondary N) is 1. The molecule has 1 aliphatic rings. The third-order valence-corrected chi connectivity index (χ3v) is 5.13. The summed E-state index contributed by atoms with van der Waals surface area (Å²) in [5.74, 6) is -0.665. The number of carbonyl (C=O) groups excluding carboxylic acids is 2. The molecule has 23 heavy (non-hydrogen) atoms. The number of hydrogen-bond donors (Lipinski definition) is 1. The smallest absolute Gasteiger partial charge is 0.343 e. The lowest BCUT2D eigenvalue weighted by molar-refractivity contribution is 0.0524. The third kappa shape index (κ3) is 2.99. The molecule has 0 aliphatic heterocycles. The lowest BCUT2D eigenvalue weighted by atomic mass is 9.84. The average molecular weight is 331 g/mol. The SMILES string of the molecule is CCOC(=O)c1cc2c([nH]c1=O)C[C@@H](c1ccc(C)s1)CC2=O. The number of carbonyl (C=O) groups is 2. The molecule has 2 heterocycles. The van der Waals surface area contributed by atoms with E-state index < -0.39 is 11.5 Å². The molecule has 0 fully saturated rings. The Balaban J connectivity index is 1.97. The maximum Gasteiger partial charge on any atom is 0.343 e. The van der Waals surface area contributed by atoms with Crippen molar-refractivity contribution in [3.63, 3.8) is 0 Å². The van der Waals surface area contributed by atoms with Crippen LogP contribution < -0.4 is 5.56 Å². The molecule has 0 amide bonds. The van der Waals surface area contributed by atoms with E-state index in [1.165, 1.54) is 10.9 Å². The van der Waals surface area contributed by atoms with Crippen LogP contribution in [0.3, 0.4) is 0 Å². The summed E-state index contributed by atoms with van der Waals surface area (Å²) in [6.45, 7) is 3.88. The van der Waals surface area contributed by atoms with Gasteiger partial charge in [-0.15, -0.1) is 11.3 Å². The zero-order chi connectivity index (χ0) is 16.6. The zero-order valence-electron chi connectivity index (χ0n) is 13.0. The molecule has 0 aromatic carbocycles. The van der Waals surface area contributed by atoms with Gasteiger partial charge >= 0.3 is 5.97 Å². The second-order valence-corrected chi connectivity index (χ2v) is 6.92. The van der Waals surface area contributed by atoms with Gasteiger partial charge in [-0.2, -0.15) is 0 Å². The van der Waals surface area contributed by atoms with Gasteiger partial charge in [-0.25, -0.2) is 4.79 Å². The van der Waals surface area contributed by atoms with Crippen molar-refractivity contribution in [2.24, 2.45) is 0 Å². The molecule has 1 atom stereocenters. The van der Waals surface area contributed by atoms with E-state index in [0.717, 1.165) is 4.88 Å². The minimum Gasteiger partial charge on any atom is -0.462 e. The van der Waals surface area contributed by atoms with Crippen molar-refractivity contribution >= 4 is 23.1 Å². The van der Waals surface area contributed by atoms with Crippen LogP contribution in [0.5, 0.6) is 0 Å². The highest BCUT2D eigenvalue weighted by atomic mass is 32.1. The van der Waals surface area contributed by atoms with Crippen LogP contribution >= 0.6 is 11.3 Å². The molecule has 6 heteroatoms. The number of rotatable bonds is 3. The Morgan fingerprint density at radius 2 is 2.13 bits per heavy atom. The number of hydrogen-bond acceptors (Lipinski definition) is 5. The van der Waals surface area contributed by atoms with Crippen molar-refractivity contribution < 1.29 is 14.3 Å². The quantitative estimate of drug-likeness (QED) is 0.878. The highest BCUT2D eigenvalue weighted by Crippen LogP contribution is 2.35. The Bertz CT molecular complexity index is 833. The summed E-state index contributed by atoms with van der Waals surface area (Å²) in [5, 5.41) is 0. The summed E-state index contributed by atoms with van der Waals surface area (Å²) < 4.78 is 4.86. The number of thiophene rings is 1. The molecule has 2 aromatic heterocycles. The molecule has 0 saturated heterocycles. The fraction of sp³-hybridized carbons (Fsp3) is 0.353. The molecule has 2 aromatic rings. The first-order valence-electron chi connectivity index (χ1n) is 7.52. The maximum absolute atomic E-state index is 12.5. The van der Waals surface area contributed by atoms with Gasteiger partial charge in [-0.05, 0) is 38.5 Å². The maximum atomic E-state index is 12.5. The highest BCUT2D eigenvalue weighted by molar-refractivity contribution is 7.12. The average Bonchev–Trinajstić information content (AvgIpc) is 2.93. The minimum atomic E-state index is -0.694.